The van der Waals surface area contributed by atoms with E-state index in [2.05, 4.69) is 14.7 Å². The van der Waals surface area contributed by atoms with E-state index in [1.165, 1.54) is 6.07 Å². The third-order valence-corrected chi connectivity index (χ3v) is 4.60. The monoisotopic (exact) mass is 321 g/mol. The topological polar surface area (TPSA) is 81.2 Å². The van der Waals surface area contributed by atoms with Gasteiger partial charge in [-0.2, -0.15) is 0 Å². The number of rotatable bonds is 6. The van der Waals surface area contributed by atoms with Gasteiger partial charge in [-0.25, -0.2) is 23.1 Å². The normalized spacial score (nSPS) is 12.9. The third-order valence-electron chi connectivity index (χ3n) is 3.06. The van der Waals surface area contributed by atoms with E-state index < -0.39 is 16.1 Å². The Hall–Kier alpha value is -1.99. The lowest BCUT2D eigenvalue weighted by Crippen LogP contribution is -2.28. The summed E-state index contributed by atoms with van der Waals surface area (Å²) in [6.07, 6.45) is 3.16. The summed E-state index contributed by atoms with van der Waals surface area (Å²) in [4.78, 5) is 8.30. The van der Waals surface area contributed by atoms with Gasteiger partial charge in [0.2, 0.25) is 10.0 Å². The lowest BCUT2D eigenvalue weighted by atomic mass is 10.2. The van der Waals surface area contributed by atoms with Gasteiger partial charge < -0.3 is 4.74 Å². The highest BCUT2D eigenvalue weighted by Crippen LogP contribution is 2.22. The van der Waals surface area contributed by atoms with Crippen LogP contribution in [-0.2, 0) is 10.0 Å². The molecule has 0 saturated heterocycles. The Balaban J connectivity index is 2.22. The molecule has 0 saturated carbocycles. The number of hydrogen-bond acceptors (Lipinski definition) is 5. The Labute approximate surface area is 130 Å². The van der Waals surface area contributed by atoms with Gasteiger partial charge in [0.25, 0.3) is 0 Å². The first-order chi connectivity index (χ1) is 10.4. The molecule has 1 atom stereocenters. The molecule has 0 bridgehead atoms. The molecule has 1 unspecified atom stereocenters. The number of aromatic nitrogens is 2. The van der Waals surface area contributed by atoms with Crippen LogP contribution in [0, 0.1) is 6.92 Å². The van der Waals surface area contributed by atoms with Crippen LogP contribution in [0.3, 0.4) is 0 Å². The first-order valence-electron chi connectivity index (χ1n) is 6.96. The second-order valence-electron chi connectivity index (χ2n) is 4.81. The van der Waals surface area contributed by atoms with Gasteiger partial charge in [-0.15, -0.1) is 0 Å². The second kappa shape index (κ2) is 6.85. The van der Waals surface area contributed by atoms with Crippen molar-refractivity contribution in [1.29, 1.82) is 0 Å². The van der Waals surface area contributed by atoms with Crippen LogP contribution in [0.2, 0.25) is 0 Å². The van der Waals surface area contributed by atoms with E-state index in [4.69, 9.17) is 4.74 Å². The summed E-state index contributed by atoms with van der Waals surface area (Å²) in [7, 11) is -3.65. The van der Waals surface area contributed by atoms with Crippen LogP contribution in [0.1, 0.15) is 31.3 Å². The molecule has 1 heterocycles. The molecule has 22 heavy (non-hydrogen) atoms. The smallest absolute Gasteiger partial charge is 0.241 e. The Kier molecular flexibility index (Phi) is 5.10. The van der Waals surface area contributed by atoms with Gasteiger partial charge in [0.1, 0.15) is 11.6 Å². The maximum atomic E-state index is 12.4. The molecule has 0 aliphatic heterocycles. The van der Waals surface area contributed by atoms with Gasteiger partial charge in [0.15, 0.2) is 0 Å². The third kappa shape index (κ3) is 3.80. The zero-order chi connectivity index (χ0) is 16.2. The van der Waals surface area contributed by atoms with Gasteiger partial charge in [-0.3, -0.25) is 0 Å². The molecule has 0 spiro atoms. The Bertz CT molecular complexity index is 733. The SMILES string of the molecule is CCOc1ccc(S(=O)(=O)NC(C)c2ncccn2)cc1C. The van der Waals surface area contributed by atoms with Crippen molar-refractivity contribution >= 4 is 10.0 Å². The van der Waals surface area contributed by atoms with E-state index in [9.17, 15) is 8.42 Å². The molecule has 2 aromatic rings. The van der Waals surface area contributed by atoms with Crippen molar-refractivity contribution in [2.24, 2.45) is 0 Å². The zero-order valence-electron chi connectivity index (χ0n) is 12.8. The van der Waals surface area contributed by atoms with Crippen molar-refractivity contribution in [2.75, 3.05) is 6.61 Å². The van der Waals surface area contributed by atoms with E-state index in [1.807, 2.05) is 13.8 Å². The van der Waals surface area contributed by atoms with Gasteiger partial charge in [-0.05, 0) is 50.6 Å². The fraction of sp³-hybridized carbons (Fsp3) is 0.333. The number of ether oxygens (including phenoxy) is 1. The number of benzene rings is 1. The predicted octanol–water partition coefficient (Wildman–Crippen LogP) is 2.22. The number of nitrogens with one attached hydrogen (secondary N) is 1. The fourth-order valence-electron chi connectivity index (χ4n) is 1.99. The lowest BCUT2D eigenvalue weighted by Gasteiger charge is -2.14. The minimum absolute atomic E-state index is 0.191. The number of hydrogen-bond donors (Lipinski definition) is 1. The molecule has 0 aliphatic carbocycles. The highest BCUT2D eigenvalue weighted by Gasteiger charge is 2.20. The Morgan fingerprint density at radius 1 is 1.27 bits per heavy atom. The molecule has 2 rings (SSSR count). The van der Waals surface area contributed by atoms with Crippen LogP contribution >= 0.6 is 0 Å². The minimum atomic E-state index is -3.65. The summed E-state index contributed by atoms with van der Waals surface area (Å²) in [6, 6.07) is 5.95. The lowest BCUT2D eigenvalue weighted by molar-refractivity contribution is 0.337. The molecule has 0 radical (unpaired) electrons. The minimum Gasteiger partial charge on any atom is -0.494 e. The molecular formula is C15H19N3O3S. The van der Waals surface area contributed by atoms with E-state index >= 15 is 0 Å². The average Bonchev–Trinajstić information content (AvgIpc) is 2.50. The van der Waals surface area contributed by atoms with Crippen LogP contribution in [0.25, 0.3) is 0 Å². The van der Waals surface area contributed by atoms with Gasteiger partial charge in [-0.1, -0.05) is 0 Å². The molecule has 0 fully saturated rings. The van der Waals surface area contributed by atoms with Crippen molar-refractivity contribution in [3.05, 3.63) is 48.0 Å². The van der Waals surface area contributed by atoms with Crippen LogP contribution < -0.4 is 9.46 Å². The summed E-state index contributed by atoms with van der Waals surface area (Å²) in [6.45, 7) is 5.93. The van der Waals surface area contributed by atoms with Gasteiger partial charge in [0.05, 0.1) is 17.5 Å². The first-order valence-corrected chi connectivity index (χ1v) is 8.45. The standard InChI is InChI=1S/C15H19N3O3S/c1-4-21-14-7-6-13(10-11(14)2)22(19,20)18-12(3)15-16-8-5-9-17-15/h5-10,12,18H,4H2,1-3H3. The summed E-state index contributed by atoms with van der Waals surface area (Å²) in [5, 5.41) is 0. The quantitative estimate of drug-likeness (QED) is 0.882. The number of nitrogens with zero attached hydrogens (tertiary/aromatic N) is 2. The molecule has 1 aromatic carbocycles. The molecule has 1 aromatic heterocycles. The van der Waals surface area contributed by atoms with Crippen molar-refractivity contribution < 1.29 is 13.2 Å². The van der Waals surface area contributed by atoms with Crippen molar-refractivity contribution in [1.82, 2.24) is 14.7 Å². The number of sulfonamides is 1. The van der Waals surface area contributed by atoms with Crippen molar-refractivity contribution in [3.63, 3.8) is 0 Å². The summed E-state index contributed by atoms with van der Waals surface area (Å²) >= 11 is 0. The zero-order valence-corrected chi connectivity index (χ0v) is 13.6. The summed E-state index contributed by atoms with van der Waals surface area (Å²) < 4.78 is 32.9. The highest BCUT2D eigenvalue weighted by atomic mass is 32.2. The molecule has 0 aliphatic rings. The molecule has 1 N–H and O–H groups in total. The molecule has 6 nitrogen and oxygen atoms in total. The maximum Gasteiger partial charge on any atom is 0.241 e. The largest absolute Gasteiger partial charge is 0.494 e. The van der Waals surface area contributed by atoms with Crippen molar-refractivity contribution in [2.45, 2.75) is 31.7 Å². The van der Waals surface area contributed by atoms with E-state index in [-0.39, 0.29) is 4.90 Å². The van der Waals surface area contributed by atoms with Gasteiger partial charge >= 0.3 is 0 Å². The van der Waals surface area contributed by atoms with E-state index in [0.29, 0.717) is 18.2 Å². The van der Waals surface area contributed by atoms with Crippen molar-refractivity contribution in [3.8, 4) is 5.75 Å². The molecule has 0 amide bonds. The van der Waals surface area contributed by atoms with Crippen LogP contribution in [0.15, 0.2) is 41.6 Å². The second-order valence-corrected chi connectivity index (χ2v) is 6.52. The van der Waals surface area contributed by atoms with Crippen LogP contribution in [0.5, 0.6) is 5.75 Å². The van der Waals surface area contributed by atoms with Gasteiger partial charge in [0, 0.05) is 12.4 Å². The predicted molar refractivity (Wildman–Crippen MR) is 83.1 cm³/mol. The highest BCUT2D eigenvalue weighted by molar-refractivity contribution is 7.89. The summed E-state index contributed by atoms with van der Waals surface area (Å²) in [5.74, 6) is 1.11. The molecular weight excluding hydrogens is 302 g/mol. The molecule has 118 valence electrons. The number of aryl methyl sites for hydroxylation is 1. The van der Waals surface area contributed by atoms with E-state index in [1.54, 1.807) is 37.5 Å². The maximum absolute atomic E-state index is 12.4. The first kappa shape index (κ1) is 16.4. The summed E-state index contributed by atoms with van der Waals surface area (Å²) in [5.41, 5.74) is 0.772. The van der Waals surface area contributed by atoms with Crippen LogP contribution in [0.4, 0.5) is 0 Å². The fourth-order valence-corrected chi connectivity index (χ4v) is 3.28. The Morgan fingerprint density at radius 2 is 1.95 bits per heavy atom. The molecule has 7 heteroatoms. The van der Waals surface area contributed by atoms with Crippen LogP contribution in [-0.4, -0.2) is 25.0 Å². The average molecular weight is 321 g/mol. The Morgan fingerprint density at radius 3 is 2.55 bits per heavy atom. The van der Waals surface area contributed by atoms with E-state index in [0.717, 1.165) is 5.56 Å².